The van der Waals surface area contributed by atoms with Crippen LogP contribution in [0, 0.1) is 11.8 Å². The van der Waals surface area contributed by atoms with Crippen LogP contribution in [0.4, 0.5) is 5.95 Å². The topological polar surface area (TPSA) is 63.8 Å². The molecule has 0 spiro atoms. The Bertz CT molecular complexity index is 1220. The smallest absolute Gasteiger partial charge is 0.203 e. The fraction of sp³-hybridized carbons (Fsp3) is 0.280. The Hall–Kier alpha value is -3.56. The van der Waals surface area contributed by atoms with Gasteiger partial charge in [0.2, 0.25) is 5.95 Å². The molecule has 31 heavy (non-hydrogen) atoms. The molecular formula is C25H28N6. The van der Waals surface area contributed by atoms with Crippen LogP contribution in [0.5, 0.6) is 0 Å². The van der Waals surface area contributed by atoms with Crippen molar-refractivity contribution >= 4 is 17.0 Å². The number of benzene rings is 2. The Balaban J connectivity index is 1.46. The van der Waals surface area contributed by atoms with Crippen molar-refractivity contribution in [1.29, 1.82) is 0 Å². The van der Waals surface area contributed by atoms with E-state index in [0.29, 0.717) is 0 Å². The van der Waals surface area contributed by atoms with E-state index in [2.05, 4.69) is 62.8 Å². The van der Waals surface area contributed by atoms with Gasteiger partial charge in [0.05, 0.1) is 29.5 Å². The summed E-state index contributed by atoms with van der Waals surface area (Å²) in [6, 6.07) is 14.3. The van der Waals surface area contributed by atoms with Gasteiger partial charge in [0, 0.05) is 25.2 Å². The number of aromatic amines is 2. The van der Waals surface area contributed by atoms with Crippen molar-refractivity contribution in [1.82, 2.24) is 24.8 Å². The highest BCUT2D eigenvalue weighted by molar-refractivity contribution is 5.79. The van der Waals surface area contributed by atoms with E-state index in [0.717, 1.165) is 64.7 Å². The molecule has 0 atom stereocenters. The first-order chi connectivity index (χ1) is 15.0. The van der Waals surface area contributed by atoms with Crippen molar-refractivity contribution in [2.24, 2.45) is 0 Å². The summed E-state index contributed by atoms with van der Waals surface area (Å²) in [5.74, 6) is 8.33. The van der Waals surface area contributed by atoms with E-state index in [-0.39, 0.29) is 0 Å². The third-order valence-electron chi connectivity index (χ3n) is 5.09. The van der Waals surface area contributed by atoms with Gasteiger partial charge in [-0.05, 0) is 55.9 Å². The van der Waals surface area contributed by atoms with Crippen molar-refractivity contribution in [3.05, 3.63) is 65.6 Å². The van der Waals surface area contributed by atoms with Gasteiger partial charge in [0.25, 0.3) is 0 Å². The number of hydrogen-bond acceptors (Lipinski definition) is 4. The molecule has 0 aliphatic rings. The maximum absolute atomic E-state index is 4.55. The number of nitrogens with zero attached hydrogens (tertiary/aromatic N) is 4. The van der Waals surface area contributed by atoms with E-state index in [1.807, 2.05) is 55.5 Å². The van der Waals surface area contributed by atoms with Crippen LogP contribution in [0.1, 0.15) is 30.3 Å². The molecule has 158 valence electrons. The highest BCUT2D eigenvalue weighted by Gasteiger charge is 2.06. The van der Waals surface area contributed by atoms with Crippen LogP contribution in [0.3, 0.4) is 0 Å². The first-order valence-corrected chi connectivity index (χ1v) is 10.5. The highest BCUT2D eigenvalue weighted by atomic mass is 15.2. The zero-order valence-corrected chi connectivity index (χ0v) is 18.5. The molecule has 0 aliphatic heterocycles. The quantitative estimate of drug-likeness (QED) is 0.465. The normalized spacial score (nSPS) is 11.0. The maximum atomic E-state index is 4.55. The van der Waals surface area contributed by atoms with E-state index in [4.69, 9.17) is 0 Å². The first kappa shape index (κ1) is 20.7. The lowest BCUT2D eigenvalue weighted by molar-refractivity contribution is 0.320. The van der Waals surface area contributed by atoms with Crippen molar-refractivity contribution in [3.63, 3.8) is 0 Å². The SMILES string of the molecule is CCCN(C)Cc1ncc(-c2ccc(C#Cc3ccc4nc(N(C)C)[nH]c4c3)cc2)[nH]1. The minimum absolute atomic E-state index is 0.827. The van der Waals surface area contributed by atoms with Gasteiger partial charge < -0.3 is 14.9 Å². The third kappa shape index (κ3) is 4.96. The monoisotopic (exact) mass is 412 g/mol. The van der Waals surface area contributed by atoms with E-state index < -0.39 is 0 Å². The van der Waals surface area contributed by atoms with Crippen LogP contribution in [0.25, 0.3) is 22.3 Å². The molecule has 0 unspecified atom stereocenters. The number of anilines is 1. The Morgan fingerprint density at radius 1 is 0.935 bits per heavy atom. The van der Waals surface area contributed by atoms with Crippen LogP contribution < -0.4 is 4.90 Å². The van der Waals surface area contributed by atoms with Crippen molar-refractivity contribution < 1.29 is 0 Å². The molecule has 2 aromatic heterocycles. The lowest BCUT2D eigenvalue weighted by Crippen LogP contribution is -2.19. The minimum Gasteiger partial charge on any atom is -0.349 e. The van der Waals surface area contributed by atoms with Crippen LogP contribution in [-0.4, -0.2) is 52.5 Å². The molecular weight excluding hydrogens is 384 g/mol. The zero-order valence-electron chi connectivity index (χ0n) is 18.5. The van der Waals surface area contributed by atoms with Gasteiger partial charge in [-0.1, -0.05) is 30.9 Å². The summed E-state index contributed by atoms with van der Waals surface area (Å²) in [7, 11) is 6.05. The second kappa shape index (κ2) is 9.07. The number of rotatable bonds is 6. The van der Waals surface area contributed by atoms with Gasteiger partial charge in [0.1, 0.15) is 5.82 Å². The van der Waals surface area contributed by atoms with Crippen LogP contribution in [-0.2, 0) is 6.54 Å². The molecule has 6 nitrogen and oxygen atoms in total. The van der Waals surface area contributed by atoms with Crippen molar-refractivity contribution in [3.8, 4) is 23.1 Å². The summed E-state index contributed by atoms with van der Waals surface area (Å²) in [6.45, 7) is 4.08. The Kier molecular flexibility index (Phi) is 6.06. The second-order valence-electron chi connectivity index (χ2n) is 8.00. The molecule has 0 saturated carbocycles. The number of aromatic nitrogens is 4. The molecule has 2 aromatic carbocycles. The fourth-order valence-corrected chi connectivity index (χ4v) is 3.47. The Morgan fingerprint density at radius 2 is 1.68 bits per heavy atom. The van der Waals surface area contributed by atoms with Gasteiger partial charge in [-0.2, -0.15) is 0 Å². The Labute approximate surface area is 183 Å². The molecule has 0 bridgehead atoms. The number of hydrogen-bond donors (Lipinski definition) is 2. The van der Waals surface area contributed by atoms with Crippen molar-refractivity contribution in [2.75, 3.05) is 32.6 Å². The summed E-state index contributed by atoms with van der Waals surface area (Å²) < 4.78 is 0. The van der Waals surface area contributed by atoms with Crippen LogP contribution in [0.15, 0.2) is 48.7 Å². The average molecular weight is 413 g/mol. The van der Waals surface area contributed by atoms with E-state index in [1.54, 1.807) is 0 Å². The maximum Gasteiger partial charge on any atom is 0.203 e. The first-order valence-electron chi connectivity index (χ1n) is 10.5. The number of H-pyrrole nitrogens is 2. The number of fused-ring (bicyclic) bond motifs is 1. The summed E-state index contributed by atoms with van der Waals surface area (Å²) in [6.07, 6.45) is 3.04. The highest BCUT2D eigenvalue weighted by Crippen LogP contribution is 2.19. The predicted molar refractivity (Wildman–Crippen MR) is 127 cm³/mol. The summed E-state index contributed by atoms with van der Waals surface area (Å²) in [5.41, 5.74) is 6.01. The lowest BCUT2D eigenvalue weighted by atomic mass is 10.1. The molecule has 0 amide bonds. The Morgan fingerprint density at radius 3 is 2.42 bits per heavy atom. The van der Waals surface area contributed by atoms with E-state index in [9.17, 15) is 0 Å². The van der Waals surface area contributed by atoms with Gasteiger partial charge >= 0.3 is 0 Å². The lowest BCUT2D eigenvalue weighted by Gasteiger charge is -2.12. The van der Waals surface area contributed by atoms with E-state index in [1.165, 1.54) is 0 Å². The summed E-state index contributed by atoms with van der Waals surface area (Å²) >= 11 is 0. The molecule has 0 aliphatic carbocycles. The molecule has 4 rings (SSSR count). The van der Waals surface area contributed by atoms with Gasteiger partial charge in [-0.3, -0.25) is 4.90 Å². The van der Waals surface area contributed by atoms with E-state index >= 15 is 0 Å². The predicted octanol–water partition coefficient (Wildman–Crippen LogP) is 4.26. The third-order valence-corrected chi connectivity index (χ3v) is 5.09. The molecule has 0 radical (unpaired) electrons. The average Bonchev–Trinajstić information content (AvgIpc) is 3.39. The van der Waals surface area contributed by atoms with Crippen LogP contribution >= 0.6 is 0 Å². The number of imidazole rings is 2. The number of nitrogens with one attached hydrogen (secondary N) is 2. The molecule has 6 heteroatoms. The molecule has 4 aromatic rings. The molecule has 2 N–H and O–H groups in total. The summed E-state index contributed by atoms with van der Waals surface area (Å²) in [4.78, 5) is 20.0. The standard InChI is InChI=1S/C25H28N6/c1-5-14-31(4)17-24-26-16-23(27-24)20-11-8-18(9-12-20)6-7-19-10-13-21-22(15-19)29-25(28-21)30(2)3/h8-13,15-16H,5,14,17H2,1-4H3,(H,26,27)(H,28,29). The summed E-state index contributed by atoms with van der Waals surface area (Å²) in [5, 5.41) is 0. The largest absolute Gasteiger partial charge is 0.349 e. The fourth-order valence-electron chi connectivity index (χ4n) is 3.47. The van der Waals surface area contributed by atoms with Gasteiger partial charge in [0.15, 0.2) is 0 Å². The zero-order chi connectivity index (χ0) is 21.8. The van der Waals surface area contributed by atoms with Crippen LogP contribution in [0.2, 0.25) is 0 Å². The minimum atomic E-state index is 0.827. The molecule has 0 fully saturated rings. The van der Waals surface area contributed by atoms with Gasteiger partial charge in [-0.25, -0.2) is 9.97 Å². The molecule has 2 heterocycles. The van der Waals surface area contributed by atoms with Gasteiger partial charge in [-0.15, -0.1) is 0 Å². The molecule has 0 saturated heterocycles. The van der Waals surface area contributed by atoms with Crippen molar-refractivity contribution in [2.45, 2.75) is 19.9 Å². The second-order valence-corrected chi connectivity index (χ2v) is 8.00.